The molecule has 0 atom stereocenters. The van der Waals surface area contributed by atoms with Crippen molar-refractivity contribution in [2.45, 2.75) is 19.8 Å². The highest BCUT2D eigenvalue weighted by atomic mass is 32.1. The molecule has 0 bridgehead atoms. The molecule has 0 saturated carbocycles. The molecule has 0 unspecified atom stereocenters. The summed E-state index contributed by atoms with van der Waals surface area (Å²) in [5.74, 6) is -0.0708. The predicted molar refractivity (Wildman–Crippen MR) is 75.0 cm³/mol. The first-order valence-corrected chi connectivity index (χ1v) is 7.30. The number of aromatic amines is 1. The van der Waals surface area contributed by atoms with Gasteiger partial charge in [-0.2, -0.15) is 0 Å². The van der Waals surface area contributed by atoms with Gasteiger partial charge in [0.2, 0.25) is 0 Å². The number of thiazole rings is 1. The lowest BCUT2D eigenvalue weighted by atomic mass is 10.1. The average molecular weight is 290 g/mol. The van der Waals surface area contributed by atoms with Gasteiger partial charge in [0.25, 0.3) is 11.5 Å². The summed E-state index contributed by atoms with van der Waals surface area (Å²) in [6, 6.07) is 0. The Morgan fingerprint density at radius 2 is 2.20 bits per heavy atom. The molecule has 3 heterocycles. The van der Waals surface area contributed by atoms with Crippen molar-refractivity contribution in [2.24, 2.45) is 0 Å². The fraction of sp³-hybridized carbons (Fsp3) is 0.385. The van der Waals surface area contributed by atoms with Crippen LogP contribution in [0.5, 0.6) is 0 Å². The van der Waals surface area contributed by atoms with E-state index in [0.29, 0.717) is 37.2 Å². The quantitative estimate of drug-likeness (QED) is 0.841. The van der Waals surface area contributed by atoms with Crippen LogP contribution in [0.1, 0.15) is 26.8 Å². The molecule has 0 aliphatic carbocycles. The van der Waals surface area contributed by atoms with E-state index in [0.717, 1.165) is 10.7 Å². The molecule has 0 fully saturated rings. The number of nitrogens with zero attached hydrogens (tertiary/aromatic N) is 3. The number of aromatic nitrogens is 3. The molecular weight excluding hydrogens is 276 g/mol. The lowest BCUT2D eigenvalue weighted by Gasteiger charge is -2.18. The summed E-state index contributed by atoms with van der Waals surface area (Å²) in [5, 5.41) is 2.66. The SMILES string of the molecule is Cc1nc(C(=O)N2CCc3nc[nH]c(=O)c3CC2)cs1. The van der Waals surface area contributed by atoms with Crippen molar-refractivity contribution < 1.29 is 4.79 Å². The van der Waals surface area contributed by atoms with Crippen LogP contribution in [0.3, 0.4) is 0 Å². The molecular formula is C13H14N4O2S. The molecule has 0 saturated heterocycles. The third kappa shape index (κ3) is 2.36. The van der Waals surface area contributed by atoms with Gasteiger partial charge in [-0.15, -0.1) is 11.3 Å². The summed E-state index contributed by atoms with van der Waals surface area (Å²) < 4.78 is 0. The first-order valence-electron chi connectivity index (χ1n) is 6.42. The first-order chi connectivity index (χ1) is 9.65. The van der Waals surface area contributed by atoms with Crippen LogP contribution in [0.25, 0.3) is 0 Å². The Labute approximate surface area is 119 Å². The topological polar surface area (TPSA) is 79.0 Å². The van der Waals surface area contributed by atoms with E-state index in [-0.39, 0.29) is 11.5 Å². The number of carbonyl (C=O) groups excluding carboxylic acids is 1. The van der Waals surface area contributed by atoms with Gasteiger partial charge in [0.1, 0.15) is 5.69 Å². The molecule has 3 rings (SSSR count). The Morgan fingerprint density at radius 3 is 2.95 bits per heavy atom. The van der Waals surface area contributed by atoms with Crippen LogP contribution in [0, 0.1) is 6.92 Å². The normalized spacial score (nSPS) is 14.8. The highest BCUT2D eigenvalue weighted by Crippen LogP contribution is 2.14. The second-order valence-corrected chi connectivity index (χ2v) is 5.76. The van der Waals surface area contributed by atoms with Crippen molar-refractivity contribution in [3.63, 3.8) is 0 Å². The van der Waals surface area contributed by atoms with Gasteiger partial charge in [-0.05, 0) is 13.3 Å². The van der Waals surface area contributed by atoms with Crippen LogP contribution >= 0.6 is 11.3 Å². The standard InChI is InChI=1S/C13H14N4O2S/c1-8-16-11(6-20-8)13(19)17-4-2-9-10(3-5-17)14-7-15-12(9)18/h6-7H,2-5H2,1H3,(H,14,15,18). The minimum Gasteiger partial charge on any atom is -0.337 e. The summed E-state index contributed by atoms with van der Waals surface area (Å²) in [6.07, 6.45) is 2.56. The minimum atomic E-state index is -0.103. The largest absolute Gasteiger partial charge is 0.337 e. The molecule has 1 aliphatic rings. The van der Waals surface area contributed by atoms with Crippen molar-refractivity contribution in [1.82, 2.24) is 19.9 Å². The summed E-state index contributed by atoms with van der Waals surface area (Å²) in [5.41, 5.74) is 1.87. The number of aryl methyl sites for hydroxylation is 1. The van der Waals surface area contributed by atoms with Crippen LogP contribution in [0.2, 0.25) is 0 Å². The molecule has 2 aromatic heterocycles. The maximum atomic E-state index is 12.4. The van der Waals surface area contributed by atoms with E-state index >= 15 is 0 Å². The van der Waals surface area contributed by atoms with E-state index in [1.165, 1.54) is 17.7 Å². The van der Waals surface area contributed by atoms with E-state index in [1.54, 1.807) is 10.3 Å². The summed E-state index contributed by atoms with van der Waals surface area (Å²) in [7, 11) is 0. The number of rotatable bonds is 1. The van der Waals surface area contributed by atoms with Gasteiger partial charge in [-0.1, -0.05) is 0 Å². The summed E-state index contributed by atoms with van der Waals surface area (Å²) >= 11 is 1.47. The molecule has 2 aromatic rings. The Kier molecular flexibility index (Phi) is 3.35. The molecule has 6 nitrogen and oxygen atoms in total. The number of hydrogen-bond donors (Lipinski definition) is 1. The molecule has 1 N–H and O–H groups in total. The zero-order chi connectivity index (χ0) is 14.1. The number of H-pyrrole nitrogens is 1. The zero-order valence-electron chi connectivity index (χ0n) is 11.0. The van der Waals surface area contributed by atoms with Crippen LogP contribution in [-0.4, -0.2) is 38.8 Å². The van der Waals surface area contributed by atoms with E-state index in [4.69, 9.17) is 0 Å². The van der Waals surface area contributed by atoms with Gasteiger partial charge in [0, 0.05) is 30.5 Å². The third-order valence-electron chi connectivity index (χ3n) is 3.41. The molecule has 1 aliphatic heterocycles. The molecule has 20 heavy (non-hydrogen) atoms. The Morgan fingerprint density at radius 1 is 1.40 bits per heavy atom. The highest BCUT2D eigenvalue weighted by molar-refractivity contribution is 7.09. The lowest BCUT2D eigenvalue weighted by molar-refractivity contribution is 0.0757. The van der Waals surface area contributed by atoms with Crippen LogP contribution in [0.15, 0.2) is 16.5 Å². The van der Waals surface area contributed by atoms with E-state index < -0.39 is 0 Å². The maximum absolute atomic E-state index is 12.4. The van der Waals surface area contributed by atoms with Crippen LogP contribution in [-0.2, 0) is 12.8 Å². The summed E-state index contributed by atoms with van der Waals surface area (Å²) in [6.45, 7) is 2.97. The van der Waals surface area contributed by atoms with Crippen molar-refractivity contribution in [1.29, 1.82) is 0 Å². The highest BCUT2D eigenvalue weighted by Gasteiger charge is 2.23. The van der Waals surface area contributed by atoms with E-state index in [2.05, 4.69) is 15.0 Å². The zero-order valence-corrected chi connectivity index (χ0v) is 11.9. The van der Waals surface area contributed by atoms with Gasteiger partial charge in [0.05, 0.1) is 17.0 Å². The van der Waals surface area contributed by atoms with Gasteiger partial charge in [0.15, 0.2) is 0 Å². The Hall–Kier alpha value is -2.02. The number of nitrogens with one attached hydrogen (secondary N) is 1. The fourth-order valence-corrected chi connectivity index (χ4v) is 2.95. The number of fused-ring (bicyclic) bond motifs is 1. The Balaban J connectivity index is 1.81. The predicted octanol–water partition coefficient (Wildman–Crippen LogP) is 0.776. The second-order valence-electron chi connectivity index (χ2n) is 4.70. The second kappa shape index (κ2) is 5.16. The van der Waals surface area contributed by atoms with Gasteiger partial charge < -0.3 is 9.88 Å². The van der Waals surface area contributed by atoms with Gasteiger partial charge >= 0.3 is 0 Å². The van der Waals surface area contributed by atoms with Crippen LogP contribution in [0.4, 0.5) is 0 Å². The first kappa shape index (κ1) is 13.0. The molecule has 1 amide bonds. The van der Waals surface area contributed by atoms with Crippen molar-refractivity contribution >= 4 is 17.2 Å². The van der Waals surface area contributed by atoms with E-state index in [1.807, 2.05) is 6.92 Å². The average Bonchev–Trinajstić information content (AvgIpc) is 2.74. The van der Waals surface area contributed by atoms with Crippen LogP contribution < -0.4 is 5.56 Å². The molecule has 0 aromatic carbocycles. The molecule has 104 valence electrons. The molecule has 0 spiro atoms. The lowest BCUT2D eigenvalue weighted by Crippen LogP contribution is -2.33. The summed E-state index contributed by atoms with van der Waals surface area (Å²) in [4.78, 5) is 36.9. The molecule has 0 radical (unpaired) electrons. The van der Waals surface area contributed by atoms with Crippen molar-refractivity contribution in [3.8, 4) is 0 Å². The number of hydrogen-bond acceptors (Lipinski definition) is 5. The van der Waals surface area contributed by atoms with Gasteiger partial charge in [-0.3, -0.25) is 9.59 Å². The van der Waals surface area contributed by atoms with Crippen molar-refractivity contribution in [3.05, 3.63) is 44.0 Å². The number of amides is 1. The number of carbonyl (C=O) groups is 1. The third-order valence-corrected chi connectivity index (χ3v) is 4.19. The van der Waals surface area contributed by atoms with Gasteiger partial charge in [-0.25, -0.2) is 9.97 Å². The Bertz CT molecular complexity index is 706. The minimum absolute atomic E-state index is 0.0708. The monoisotopic (exact) mass is 290 g/mol. The van der Waals surface area contributed by atoms with Crippen molar-refractivity contribution in [2.75, 3.05) is 13.1 Å². The van der Waals surface area contributed by atoms with E-state index in [9.17, 15) is 9.59 Å². The molecule has 7 heteroatoms. The maximum Gasteiger partial charge on any atom is 0.273 e. The fourth-order valence-electron chi connectivity index (χ4n) is 2.36. The smallest absolute Gasteiger partial charge is 0.273 e.